The number of ether oxygens (including phenoxy) is 3. The van der Waals surface area contributed by atoms with Gasteiger partial charge in [-0.3, -0.25) is 4.79 Å². The van der Waals surface area contributed by atoms with Gasteiger partial charge in [-0.05, 0) is 56.9 Å². The number of hydrogen-bond donors (Lipinski definition) is 1. The second-order valence-corrected chi connectivity index (χ2v) is 8.36. The highest BCUT2D eigenvalue weighted by Crippen LogP contribution is 2.20. The van der Waals surface area contributed by atoms with E-state index in [1.165, 1.54) is 13.0 Å². The maximum atomic E-state index is 12.4. The molecule has 1 amide bonds. The second-order valence-electron chi connectivity index (χ2n) is 8.36. The summed E-state index contributed by atoms with van der Waals surface area (Å²) in [6, 6.07) is 17.1. The Bertz CT molecular complexity index is 974. The third kappa shape index (κ3) is 9.19. The molecule has 7 nitrogen and oxygen atoms in total. The van der Waals surface area contributed by atoms with Crippen molar-refractivity contribution in [2.24, 2.45) is 0 Å². The van der Waals surface area contributed by atoms with Crippen molar-refractivity contribution in [1.82, 2.24) is 5.32 Å². The molecule has 0 saturated carbocycles. The molecule has 33 heavy (non-hydrogen) atoms. The van der Waals surface area contributed by atoms with Crippen molar-refractivity contribution in [3.63, 3.8) is 0 Å². The van der Waals surface area contributed by atoms with E-state index in [0.29, 0.717) is 6.42 Å². The molecule has 2 aromatic rings. The zero-order chi connectivity index (χ0) is 24.4. The van der Waals surface area contributed by atoms with Crippen molar-refractivity contribution in [2.75, 3.05) is 6.61 Å². The first-order valence-corrected chi connectivity index (χ1v) is 10.8. The van der Waals surface area contributed by atoms with Crippen LogP contribution in [0.4, 0.5) is 4.79 Å². The minimum absolute atomic E-state index is 0.114. The molecule has 0 aliphatic carbocycles. The normalized spacial score (nSPS) is 12.5. The first kappa shape index (κ1) is 25.6. The summed E-state index contributed by atoms with van der Waals surface area (Å²) in [5.41, 5.74) is 2.35. The van der Waals surface area contributed by atoms with Crippen LogP contribution in [0.25, 0.3) is 11.1 Å². The summed E-state index contributed by atoms with van der Waals surface area (Å²) < 4.78 is 15.4. The lowest BCUT2D eigenvalue weighted by Crippen LogP contribution is -2.39. The van der Waals surface area contributed by atoms with E-state index in [4.69, 9.17) is 14.2 Å². The molecule has 1 atom stereocenters. The molecule has 0 aliphatic rings. The van der Waals surface area contributed by atoms with E-state index >= 15 is 0 Å². The lowest BCUT2D eigenvalue weighted by molar-refractivity contribution is -0.150. The molecule has 1 unspecified atom stereocenters. The first-order chi connectivity index (χ1) is 15.6. The van der Waals surface area contributed by atoms with E-state index in [2.05, 4.69) is 5.32 Å². The Hall–Kier alpha value is -3.61. The van der Waals surface area contributed by atoms with Crippen LogP contribution in [0.1, 0.15) is 40.2 Å². The molecule has 0 saturated heterocycles. The van der Waals surface area contributed by atoms with Crippen LogP contribution in [0.3, 0.4) is 0 Å². The van der Waals surface area contributed by atoms with Crippen molar-refractivity contribution in [1.29, 1.82) is 0 Å². The molecule has 2 aromatic carbocycles. The van der Waals surface area contributed by atoms with E-state index in [9.17, 15) is 14.4 Å². The summed E-state index contributed by atoms with van der Waals surface area (Å²) in [5, 5.41) is 2.73. The molecule has 0 heterocycles. The van der Waals surface area contributed by atoms with Crippen LogP contribution in [0.5, 0.6) is 0 Å². The highest BCUT2D eigenvalue weighted by atomic mass is 16.6. The van der Waals surface area contributed by atoms with Crippen LogP contribution >= 0.6 is 0 Å². The van der Waals surface area contributed by atoms with Gasteiger partial charge in [-0.2, -0.15) is 0 Å². The highest BCUT2D eigenvalue weighted by molar-refractivity contribution is 5.89. The lowest BCUT2D eigenvalue weighted by Gasteiger charge is -2.23. The van der Waals surface area contributed by atoms with Crippen LogP contribution in [-0.2, 0) is 30.2 Å². The Morgan fingerprint density at radius 3 is 2.12 bits per heavy atom. The van der Waals surface area contributed by atoms with Gasteiger partial charge in [0, 0.05) is 6.92 Å². The standard InChI is InChI=1S/C26H31NO6/c1-6-31-24(29)23(32-18(2)28)17-22(27-25(30)33-26(3,4)5)16-19-12-14-21(15-13-19)20-10-8-7-9-11-20/h7-15,17,22H,6,16H2,1-5H3,(H,27,30). The van der Waals surface area contributed by atoms with E-state index in [1.54, 1.807) is 27.7 Å². The predicted molar refractivity (Wildman–Crippen MR) is 125 cm³/mol. The van der Waals surface area contributed by atoms with Gasteiger partial charge in [-0.25, -0.2) is 9.59 Å². The second kappa shape index (κ2) is 11.9. The van der Waals surface area contributed by atoms with Crippen LogP contribution < -0.4 is 5.32 Å². The first-order valence-electron chi connectivity index (χ1n) is 10.8. The van der Waals surface area contributed by atoms with E-state index in [-0.39, 0.29) is 12.4 Å². The number of hydrogen-bond acceptors (Lipinski definition) is 6. The quantitative estimate of drug-likeness (QED) is 0.267. The number of amides is 1. The molecule has 176 valence electrons. The van der Waals surface area contributed by atoms with E-state index in [1.807, 2.05) is 54.6 Å². The van der Waals surface area contributed by atoms with Crippen molar-refractivity contribution in [2.45, 2.75) is 52.7 Å². The Kier molecular flexibility index (Phi) is 9.21. The SMILES string of the molecule is CCOC(=O)C(=CC(Cc1ccc(-c2ccccc2)cc1)NC(=O)OC(C)(C)C)OC(C)=O. The van der Waals surface area contributed by atoms with Crippen molar-refractivity contribution in [3.8, 4) is 11.1 Å². The number of esters is 2. The van der Waals surface area contributed by atoms with E-state index in [0.717, 1.165) is 16.7 Å². The number of nitrogens with one attached hydrogen (secondary N) is 1. The van der Waals surface area contributed by atoms with Crippen LogP contribution in [-0.4, -0.2) is 36.3 Å². The van der Waals surface area contributed by atoms with Gasteiger partial charge in [0.05, 0.1) is 12.6 Å². The van der Waals surface area contributed by atoms with Crippen LogP contribution in [0, 0.1) is 0 Å². The molecular formula is C26H31NO6. The van der Waals surface area contributed by atoms with Gasteiger partial charge < -0.3 is 19.5 Å². The smallest absolute Gasteiger partial charge is 0.408 e. The van der Waals surface area contributed by atoms with Crippen LogP contribution in [0.2, 0.25) is 0 Å². The van der Waals surface area contributed by atoms with Gasteiger partial charge in [0.2, 0.25) is 5.76 Å². The maximum Gasteiger partial charge on any atom is 0.408 e. The maximum absolute atomic E-state index is 12.4. The number of benzene rings is 2. The topological polar surface area (TPSA) is 90.9 Å². The summed E-state index contributed by atoms with van der Waals surface area (Å²) in [4.78, 5) is 36.2. The summed E-state index contributed by atoms with van der Waals surface area (Å²) in [6.45, 7) is 8.20. The molecule has 0 radical (unpaired) electrons. The summed E-state index contributed by atoms with van der Waals surface area (Å²) >= 11 is 0. The molecule has 0 aromatic heterocycles. The Morgan fingerprint density at radius 1 is 0.970 bits per heavy atom. The van der Waals surface area contributed by atoms with Gasteiger partial charge in [0.1, 0.15) is 5.60 Å². The summed E-state index contributed by atoms with van der Waals surface area (Å²) in [7, 11) is 0. The number of rotatable bonds is 8. The molecule has 1 N–H and O–H groups in total. The summed E-state index contributed by atoms with van der Waals surface area (Å²) in [6.07, 6.45) is 1.04. The third-order valence-corrected chi connectivity index (χ3v) is 4.30. The Labute approximate surface area is 194 Å². The van der Waals surface area contributed by atoms with E-state index < -0.39 is 29.7 Å². The average Bonchev–Trinajstić information content (AvgIpc) is 2.73. The monoisotopic (exact) mass is 453 g/mol. The number of carbonyl (C=O) groups is 3. The fraction of sp³-hybridized carbons (Fsp3) is 0.346. The fourth-order valence-corrected chi connectivity index (χ4v) is 3.01. The molecular weight excluding hydrogens is 422 g/mol. The average molecular weight is 454 g/mol. The number of carbonyl (C=O) groups excluding carboxylic acids is 3. The third-order valence-electron chi connectivity index (χ3n) is 4.30. The minimum atomic E-state index is -0.789. The van der Waals surface area contributed by atoms with Crippen molar-refractivity contribution in [3.05, 3.63) is 72.0 Å². The molecule has 0 bridgehead atoms. The van der Waals surface area contributed by atoms with Gasteiger partial charge in [0.15, 0.2) is 0 Å². The van der Waals surface area contributed by atoms with Crippen LogP contribution in [0.15, 0.2) is 66.4 Å². The highest BCUT2D eigenvalue weighted by Gasteiger charge is 2.22. The molecule has 0 fully saturated rings. The zero-order valence-corrected chi connectivity index (χ0v) is 19.7. The van der Waals surface area contributed by atoms with Crippen molar-refractivity contribution >= 4 is 18.0 Å². The Balaban J connectivity index is 2.30. The molecule has 0 spiro atoms. The van der Waals surface area contributed by atoms with Gasteiger partial charge in [0.25, 0.3) is 0 Å². The van der Waals surface area contributed by atoms with Gasteiger partial charge >= 0.3 is 18.0 Å². The largest absolute Gasteiger partial charge is 0.460 e. The Morgan fingerprint density at radius 2 is 1.58 bits per heavy atom. The number of alkyl carbamates (subject to hydrolysis) is 1. The minimum Gasteiger partial charge on any atom is -0.460 e. The predicted octanol–water partition coefficient (Wildman–Crippen LogP) is 4.80. The fourth-order valence-electron chi connectivity index (χ4n) is 3.01. The molecule has 7 heteroatoms. The van der Waals surface area contributed by atoms with Gasteiger partial charge in [-0.15, -0.1) is 0 Å². The van der Waals surface area contributed by atoms with Crippen molar-refractivity contribution < 1.29 is 28.6 Å². The lowest BCUT2D eigenvalue weighted by atomic mass is 10.0. The molecule has 2 rings (SSSR count). The molecule has 0 aliphatic heterocycles. The van der Waals surface area contributed by atoms with Gasteiger partial charge in [-0.1, -0.05) is 54.6 Å². The zero-order valence-electron chi connectivity index (χ0n) is 19.7. The summed E-state index contributed by atoms with van der Waals surface area (Å²) in [5.74, 6) is -1.74.